The van der Waals surface area contributed by atoms with Crippen molar-refractivity contribution in [1.29, 1.82) is 0 Å². The summed E-state index contributed by atoms with van der Waals surface area (Å²) >= 11 is 5.61. The minimum Gasteiger partial charge on any atom is -0.296 e. The quantitative estimate of drug-likeness (QED) is 0.530. The first-order valence-electron chi connectivity index (χ1n) is 8.58. The SMILES string of the molecule is C=CCn1c(-c2cccnc2)nn(CN(CC)[C@H]2CCS(=O)(=O)C2)c1=S. The van der Waals surface area contributed by atoms with Crippen molar-refractivity contribution in [3.63, 3.8) is 0 Å². The van der Waals surface area contributed by atoms with Crippen LogP contribution in [0.5, 0.6) is 0 Å². The maximum Gasteiger partial charge on any atom is 0.199 e. The molecule has 1 saturated heterocycles. The molecule has 1 aliphatic rings. The summed E-state index contributed by atoms with van der Waals surface area (Å²) in [5, 5.41) is 4.69. The van der Waals surface area contributed by atoms with Crippen molar-refractivity contribution in [2.24, 2.45) is 0 Å². The van der Waals surface area contributed by atoms with Crippen molar-refractivity contribution >= 4 is 22.1 Å². The van der Waals surface area contributed by atoms with Crippen molar-refractivity contribution in [1.82, 2.24) is 24.2 Å². The lowest BCUT2D eigenvalue weighted by molar-refractivity contribution is 0.164. The molecule has 0 amide bonds. The summed E-state index contributed by atoms with van der Waals surface area (Å²) in [6.45, 7) is 7.57. The van der Waals surface area contributed by atoms with Crippen LogP contribution in [0.15, 0.2) is 37.2 Å². The Bertz CT molecular complexity index is 934. The molecule has 0 saturated carbocycles. The van der Waals surface area contributed by atoms with Crippen molar-refractivity contribution < 1.29 is 8.42 Å². The number of hydrogen-bond acceptors (Lipinski definition) is 6. The summed E-state index contributed by atoms with van der Waals surface area (Å²) in [6, 6.07) is 3.81. The van der Waals surface area contributed by atoms with Gasteiger partial charge in [0.05, 0.1) is 18.2 Å². The van der Waals surface area contributed by atoms with Crippen LogP contribution in [0.2, 0.25) is 0 Å². The van der Waals surface area contributed by atoms with E-state index in [0.717, 1.165) is 17.9 Å². The summed E-state index contributed by atoms with van der Waals surface area (Å²) < 4.78 is 27.9. The van der Waals surface area contributed by atoms with Gasteiger partial charge in [0.25, 0.3) is 0 Å². The number of aromatic nitrogens is 4. The molecule has 0 aliphatic carbocycles. The predicted octanol–water partition coefficient (Wildman–Crippen LogP) is 2.13. The molecular formula is C17H23N5O2S2. The summed E-state index contributed by atoms with van der Waals surface area (Å²) in [4.78, 5) is 6.28. The van der Waals surface area contributed by atoms with Gasteiger partial charge in [-0.2, -0.15) is 5.10 Å². The second-order valence-corrected chi connectivity index (χ2v) is 8.94. The number of sulfone groups is 1. The third-order valence-electron chi connectivity index (χ3n) is 4.60. The van der Waals surface area contributed by atoms with Gasteiger partial charge in [-0.05, 0) is 37.3 Å². The minimum absolute atomic E-state index is 0.0123. The zero-order valence-electron chi connectivity index (χ0n) is 14.8. The van der Waals surface area contributed by atoms with E-state index >= 15 is 0 Å². The molecule has 0 spiro atoms. The highest BCUT2D eigenvalue weighted by Gasteiger charge is 2.32. The van der Waals surface area contributed by atoms with Gasteiger partial charge in [0, 0.05) is 30.5 Å². The molecule has 0 radical (unpaired) electrons. The first-order chi connectivity index (χ1) is 12.4. The Morgan fingerprint density at radius 3 is 2.88 bits per heavy atom. The Kier molecular flexibility index (Phi) is 5.69. The molecule has 3 heterocycles. The monoisotopic (exact) mass is 393 g/mol. The topological polar surface area (TPSA) is 73.0 Å². The van der Waals surface area contributed by atoms with Gasteiger partial charge in [0.1, 0.15) is 0 Å². The largest absolute Gasteiger partial charge is 0.296 e. The van der Waals surface area contributed by atoms with Gasteiger partial charge < -0.3 is 0 Å². The molecule has 0 bridgehead atoms. The van der Waals surface area contributed by atoms with Crippen LogP contribution >= 0.6 is 12.2 Å². The van der Waals surface area contributed by atoms with E-state index in [2.05, 4.69) is 16.5 Å². The predicted molar refractivity (Wildman–Crippen MR) is 104 cm³/mol. The maximum atomic E-state index is 11.8. The first-order valence-corrected chi connectivity index (χ1v) is 10.8. The molecule has 9 heteroatoms. The molecule has 0 unspecified atom stereocenters. The lowest BCUT2D eigenvalue weighted by Gasteiger charge is -2.26. The summed E-state index contributed by atoms with van der Waals surface area (Å²) in [6.07, 6.45) is 5.91. The van der Waals surface area contributed by atoms with Crippen LogP contribution in [0.25, 0.3) is 11.4 Å². The fraction of sp³-hybridized carbons (Fsp3) is 0.471. The molecule has 3 rings (SSSR count). The Labute approximate surface area is 158 Å². The third-order valence-corrected chi connectivity index (χ3v) is 6.78. The van der Waals surface area contributed by atoms with E-state index in [1.807, 2.05) is 23.6 Å². The second kappa shape index (κ2) is 7.81. The highest BCUT2D eigenvalue weighted by molar-refractivity contribution is 7.91. The van der Waals surface area contributed by atoms with Crippen molar-refractivity contribution in [3.05, 3.63) is 42.0 Å². The van der Waals surface area contributed by atoms with Gasteiger partial charge in [-0.25, -0.2) is 13.1 Å². The average molecular weight is 394 g/mol. The number of nitrogens with zero attached hydrogens (tertiary/aromatic N) is 5. The zero-order chi connectivity index (χ0) is 18.7. The number of hydrogen-bond donors (Lipinski definition) is 0. The molecule has 1 aliphatic heterocycles. The molecule has 0 aromatic carbocycles. The van der Waals surface area contributed by atoms with Crippen LogP contribution in [0.4, 0.5) is 0 Å². The van der Waals surface area contributed by atoms with Crippen LogP contribution in [0.3, 0.4) is 0 Å². The minimum atomic E-state index is -2.93. The van der Waals surface area contributed by atoms with Crippen LogP contribution in [-0.2, 0) is 23.1 Å². The number of allylic oxidation sites excluding steroid dienone is 1. The molecule has 26 heavy (non-hydrogen) atoms. The molecule has 140 valence electrons. The average Bonchev–Trinajstić information content (AvgIpc) is 3.14. The molecule has 7 nitrogen and oxygen atoms in total. The van der Waals surface area contributed by atoms with E-state index in [1.165, 1.54) is 0 Å². The Morgan fingerprint density at radius 2 is 2.31 bits per heavy atom. The lowest BCUT2D eigenvalue weighted by Crippen LogP contribution is -2.37. The molecule has 2 aromatic rings. The van der Waals surface area contributed by atoms with Gasteiger partial charge >= 0.3 is 0 Å². The summed E-state index contributed by atoms with van der Waals surface area (Å²) in [5.74, 6) is 1.20. The Morgan fingerprint density at radius 1 is 1.50 bits per heavy atom. The van der Waals surface area contributed by atoms with Gasteiger partial charge in [0.2, 0.25) is 0 Å². The summed E-state index contributed by atoms with van der Waals surface area (Å²) in [7, 11) is -2.93. The Balaban J connectivity index is 1.92. The maximum absolute atomic E-state index is 11.8. The first kappa shape index (κ1) is 18.9. The fourth-order valence-corrected chi connectivity index (χ4v) is 5.27. The van der Waals surface area contributed by atoms with Crippen molar-refractivity contribution in [2.45, 2.75) is 32.6 Å². The van der Waals surface area contributed by atoms with Crippen molar-refractivity contribution in [2.75, 3.05) is 18.1 Å². The van der Waals surface area contributed by atoms with E-state index in [4.69, 9.17) is 17.3 Å². The Hall–Kier alpha value is -1.84. The van der Waals surface area contributed by atoms with Gasteiger partial charge in [-0.1, -0.05) is 13.0 Å². The van der Waals surface area contributed by atoms with Gasteiger partial charge in [0.15, 0.2) is 20.4 Å². The highest BCUT2D eigenvalue weighted by Crippen LogP contribution is 2.21. The second-order valence-electron chi connectivity index (χ2n) is 6.35. The lowest BCUT2D eigenvalue weighted by atomic mass is 10.2. The van der Waals surface area contributed by atoms with E-state index in [1.54, 1.807) is 23.2 Å². The van der Waals surface area contributed by atoms with Gasteiger partial charge in [-0.15, -0.1) is 6.58 Å². The third kappa shape index (κ3) is 3.94. The van der Waals surface area contributed by atoms with E-state index in [0.29, 0.717) is 24.4 Å². The number of pyridine rings is 1. The zero-order valence-corrected chi connectivity index (χ0v) is 16.4. The van der Waals surface area contributed by atoms with E-state index in [9.17, 15) is 8.42 Å². The normalized spacial score (nSPS) is 19.1. The molecule has 1 atom stereocenters. The van der Waals surface area contributed by atoms with Crippen molar-refractivity contribution in [3.8, 4) is 11.4 Å². The van der Waals surface area contributed by atoms with E-state index < -0.39 is 9.84 Å². The number of rotatable bonds is 7. The highest BCUT2D eigenvalue weighted by atomic mass is 32.2. The molecule has 1 fully saturated rings. The van der Waals surface area contributed by atoms with Crippen LogP contribution < -0.4 is 0 Å². The summed E-state index contributed by atoms with van der Waals surface area (Å²) in [5.41, 5.74) is 0.880. The van der Waals surface area contributed by atoms with Gasteiger partial charge in [-0.3, -0.25) is 14.5 Å². The molecule has 2 aromatic heterocycles. The van der Waals surface area contributed by atoms with E-state index in [-0.39, 0.29) is 17.5 Å². The standard InChI is InChI=1S/C17H23N5O2S2/c1-3-9-21-16(14-6-5-8-18-11-14)19-22(17(21)25)13-20(4-2)15-7-10-26(23,24)12-15/h3,5-6,8,11,15H,1,4,7,9-10,12-13H2,2H3/t15-/m0/s1. The molecular weight excluding hydrogens is 370 g/mol. The smallest absolute Gasteiger partial charge is 0.199 e. The van der Waals surface area contributed by atoms with Crippen LogP contribution in [0, 0.1) is 4.77 Å². The van der Waals surface area contributed by atoms with Crippen LogP contribution in [-0.4, -0.2) is 56.7 Å². The van der Waals surface area contributed by atoms with Crippen LogP contribution in [0.1, 0.15) is 13.3 Å². The molecule has 0 N–H and O–H groups in total. The fourth-order valence-electron chi connectivity index (χ4n) is 3.24.